The summed E-state index contributed by atoms with van der Waals surface area (Å²) in [6.45, 7) is 1.97. The smallest absolute Gasteiger partial charge is 0.261 e. The molecule has 0 spiro atoms. The third kappa shape index (κ3) is 4.51. The van der Waals surface area contributed by atoms with E-state index in [1.807, 2.05) is 55.5 Å². The minimum absolute atomic E-state index is 0.112. The van der Waals surface area contributed by atoms with E-state index >= 15 is 0 Å². The van der Waals surface area contributed by atoms with Crippen LogP contribution in [-0.2, 0) is 0 Å². The molecule has 2 heterocycles. The lowest BCUT2D eigenvalue weighted by Crippen LogP contribution is -2.13. The van der Waals surface area contributed by atoms with Crippen LogP contribution in [-0.4, -0.2) is 38.0 Å². The first-order valence-electron chi connectivity index (χ1n) is 10.8. The highest BCUT2D eigenvalue weighted by atomic mass is 19.1. The number of anilines is 1. The van der Waals surface area contributed by atoms with Crippen LogP contribution >= 0.6 is 0 Å². The van der Waals surface area contributed by atoms with E-state index in [0.717, 1.165) is 11.1 Å². The zero-order valence-corrected chi connectivity index (χ0v) is 19.0. The molecular formula is C26H21FN6O2. The largest absolute Gasteiger partial charge is 0.496 e. The number of ether oxygens (including phenoxy) is 1. The summed E-state index contributed by atoms with van der Waals surface area (Å²) in [4.78, 5) is 17.7. The second-order valence-electron chi connectivity index (χ2n) is 7.84. The van der Waals surface area contributed by atoms with E-state index in [4.69, 9.17) is 4.74 Å². The van der Waals surface area contributed by atoms with Gasteiger partial charge in [-0.1, -0.05) is 35.9 Å². The molecule has 9 heteroatoms. The van der Waals surface area contributed by atoms with E-state index in [-0.39, 0.29) is 11.8 Å². The number of nitrogens with one attached hydrogen (secondary N) is 2. The highest BCUT2D eigenvalue weighted by Gasteiger charge is 2.21. The number of aromatic amines is 1. The Balaban J connectivity index is 1.49. The number of hydrogen-bond acceptors (Lipinski definition) is 5. The Kier molecular flexibility index (Phi) is 5.80. The van der Waals surface area contributed by atoms with Crippen LogP contribution < -0.4 is 10.1 Å². The van der Waals surface area contributed by atoms with Gasteiger partial charge in [0.15, 0.2) is 5.82 Å². The van der Waals surface area contributed by atoms with Gasteiger partial charge in [-0.2, -0.15) is 10.1 Å². The lowest BCUT2D eigenvalue weighted by Gasteiger charge is -2.04. The second kappa shape index (κ2) is 9.22. The minimum Gasteiger partial charge on any atom is -0.496 e. The number of H-pyrrole nitrogens is 1. The first-order chi connectivity index (χ1) is 17.0. The molecular weight excluding hydrogens is 447 g/mol. The van der Waals surface area contributed by atoms with Crippen LogP contribution in [0.25, 0.3) is 28.3 Å². The zero-order valence-electron chi connectivity index (χ0n) is 19.0. The summed E-state index contributed by atoms with van der Waals surface area (Å²) in [5.41, 5.74) is 3.95. The summed E-state index contributed by atoms with van der Waals surface area (Å²) in [7, 11) is 1.57. The molecule has 2 aromatic heterocycles. The lowest BCUT2D eigenvalue weighted by molar-refractivity contribution is 0.102. The molecule has 0 radical (unpaired) electrons. The van der Waals surface area contributed by atoms with Gasteiger partial charge in [-0.3, -0.25) is 15.2 Å². The number of nitrogens with zero attached hydrogens (tertiary/aromatic N) is 4. The van der Waals surface area contributed by atoms with Crippen molar-refractivity contribution in [1.29, 1.82) is 0 Å². The van der Waals surface area contributed by atoms with E-state index in [1.165, 1.54) is 12.1 Å². The number of amides is 1. The van der Waals surface area contributed by atoms with Crippen molar-refractivity contribution < 1.29 is 13.9 Å². The molecule has 0 bridgehead atoms. The Morgan fingerprint density at radius 2 is 1.86 bits per heavy atom. The molecule has 1 amide bonds. The van der Waals surface area contributed by atoms with Gasteiger partial charge in [0.25, 0.3) is 5.91 Å². The number of rotatable bonds is 6. The maximum Gasteiger partial charge on any atom is 0.261 e. The van der Waals surface area contributed by atoms with Crippen LogP contribution in [0.15, 0.2) is 79.0 Å². The van der Waals surface area contributed by atoms with Gasteiger partial charge in [0.1, 0.15) is 17.3 Å². The van der Waals surface area contributed by atoms with Gasteiger partial charge in [0.05, 0.1) is 23.9 Å². The fourth-order valence-corrected chi connectivity index (χ4v) is 3.72. The summed E-state index contributed by atoms with van der Waals surface area (Å²) in [6, 6.07) is 20.9. The summed E-state index contributed by atoms with van der Waals surface area (Å²) in [6.07, 6.45) is 1.61. The molecule has 3 aromatic carbocycles. The van der Waals surface area contributed by atoms with E-state index < -0.39 is 5.91 Å². The van der Waals surface area contributed by atoms with Crippen LogP contribution in [0.2, 0.25) is 0 Å². The molecule has 5 aromatic rings. The van der Waals surface area contributed by atoms with Crippen LogP contribution in [0.5, 0.6) is 5.75 Å². The Morgan fingerprint density at radius 3 is 2.63 bits per heavy atom. The predicted octanol–water partition coefficient (Wildman–Crippen LogP) is 5.03. The minimum atomic E-state index is -0.430. The Labute approximate surface area is 200 Å². The average Bonchev–Trinajstić information content (AvgIpc) is 3.52. The maximum absolute atomic E-state index is 13.4. The van der Waals surface area contributed by atoms with Crippen LogP contribution in [0.3, 0.4) is 0 Å². The lowest BCUT2D eigenvalue weighted by atomic mass is 10.1. The fraction of sp³-hybridized carbons (Fsp3) is 0.0769. The Morgan fingerprint density at radius 1 is 1.06 bits per heavy atom. The van der Waals surface area contributed by atoms with E-state index in [2.05, 4.69) is 25.6 Å². The quantitative estimate of drug-likeness (QED) is 0.364. The topological polar surface area (TPSA) is 97.7 Å². The zero-order chi connectivity index (χ0) is 24.4. The molecule has 8 nitrogen and oxygen atoms in total. The molecule has 0 atom stereocenters. The molecule has 2 N–H and O–H groups in total. The van der Waals surface area contributed by atoms with Gasteiger partial charge in [-0.15, -0.1) is 5.10 Å². The van der Waals surface area contributed by atoms with Crippen LogP contribution in [0.4, 0.5) is 10.3 Å². The highest BCUT2D eigenvalue weighted by Crippen LogP contribution is 2.28. The molecule has 0 aliphatic carbocycles. The van der Waals surface area contributed by atoms with Crippen molar-refractivity contribution in [3.63, 3.8) is 0 Å². The Hall–Kier alpha value is -4.79. The summed E-state index contributed by atoms with van der Waals surface area (Å²) in [5.74, 6) is 0.414. The van der Waals surface area contributed by atoms with Crippen molar-refractivity contribution in [1.82, 2.24) is 25.0 Å². The number of methoxy groups -OCH3 is 1. The van der Waals surface area contributed by atoms with Crippen molar-refractivity contribution in [2.24, 2.45) is 0 Å². The van der Waals surface area contributed by atoms with Crippen molar-refractivity contribution in [2.75, 3.05) is 12.4 Å². The first-order valence-corrected chi connectivity index (χ1v) is 10.8. The van der Waals surface area contributed by atoms with Gasteiger partial charge in [0.2, 0.25) is 5.95 Å². The number of carbonyl (C=O) groups excluding carboxylic acids is 1. The molecule has 0 aliphatic rings. The third-order valence-corrected chi connectivity index (χ3v) is 5.41. The van der Waals surface area contributed by atoms with Crippen molar-refractivity contribution in [2.45, 2.75) is 6.92 Å². The number of benzene rings is 3. The summed E-state index contributed by atoms with van der Waals surface area (Å²) >= 11 is 0. The molecule has 0 unspecified atom stereocenters. The number of aryl methyl sites for hydroxylation is 1. The molecule has 174 valence electrons. The van der Waals surface area contributed by atoms with Crippen LogP contribution in [0.1, 0.15) is 15.9 Å². The standard InChI is InChI=1S/C26H21FN6O2/c1-16-6-5-7-17(14-16)23-21(15-33(32-23)19-12-10-18(27)11-13-19)25(34)29-26-28-24(30-31-26)20-8-3-4-9-22(20)35-2/h3-15H,1-2H3,(H2,28,29,30,31,34). The number of carbonyl (C=O) groups is 1. The van der Waals surface area contributed by atoms with Crippen molar-refractivity contribution in [3.8, 4) is 34.1 Å². The van der Waals surface area contributed by atoms with E-state index in [0.29, 0.717) is 34.1 Å². The Bertz CT molecular complexity index is 1510. The number of halogens is 1. The fourth-order valence-electron chi connectivity index (χ4n) is 3.72. The van der Waals surface area contributed by atoms with Gasteiger partial charge in [-0.05, 0) is 49.4 Å². The van der Waals surface area contributed by atoms with Gasteiger partial charge in [-0.25, -0.2) is 9.07 Å². The predicted molar refractivity (Wildman–Crippen MR) is 130 cm³/mol. The van der Waals surface area contributed by atoms with Crippen molar-refractivity contribution >= 4 is 11.9 Å². The first kappa shape index (κ1) is 22.0. The second-order valence-corrected chi connectivity index (χ2v) is 7.84. The van der Waals surface area contributed by atoms with E-state index in [9.17, 15) is 9.18 Å². The number of hydrogen-bond donors (Lipinski definition) is 2. The monoisotopic (exact) mass is 468 g/mol. The van der Waals surface area contributed by atoms with Crippen molar-refractivity contribution in [3.05, 3.63) is 95.9 Å². The normalized spacial score (nSPS) is 10.8. The number of para-hydroxylation sites is 1. The molecule has 0 saturated heterocycles. The van der Waals surface area contributed by atoms with Crippen LogP contribution in [0, 0.1) is 12.7 Å². The maximum atomic E-state index is 13.4. The number of aromatic nitrogens is 5. The third-order valence-electron chi connectivity index (χ3n) is 5.41. The van der Waals surface area contributed by atoms with Gasteiger partial charge >= 0.3 is 0 Å². The molecule has 5 rings (SSSR count). The molecule has 35 heavy (non-hydrogen) atoms. The van der Waals surface area contributed by atoms with Gasteiger partial charge < -0.3 is 4.74 Å². The highest BCUT2D eigenvalue weighted by molar-refractivity contribution is 6.07. The molecule has 0 saturated carbocycles. The average molecular weight is 468 g/mol. The molecule has 0 fully saturated rings. The molecule has 0 aliphatic heterocycles. The van der Waals surface area contributed by atoms with E-state index in [1.54, 1.807) is 30.1 Å². The SMILES string of the molecule is COc1ccccc1-c1nc(NC(=O)c2cn(-c3ccc(F)cc3)nc2-c2cccc(C)c2)n[nH]1. The summed E-state index contributed by atoms with van der Waals surface area (Å²) < 4.78 is 20.3. The summed E-state index contributed by atoms with van der Waals surface area (Å²) in [5, 5.41) is 14.3. The van der Waals surface area contributed by atoms with Gasteiger partial charge in [0, 0.05) is 11.8 Å².